The summed E-state index contributed by atoms with van der Waals surface area (Å²) in [6.45, 7) is 5.70. The first-order chi connectivity index (χ1) is 16.0. The summed E-state index contributed by atoms with van der Waals surface area (Å²) in [6.07, 6.45) is 11.3. The summed E-state index contributed by atoms with van der Waals surface area (Å²) in [5.74, 6) is 0.669. The lowest BCUT2D eigenvalue weighted by Gasteiger charge is -2.41. The van der Waals surface area contributed by atoms with Gasteiger partial charge in [-0.25, -0.2) is 0 Å². The maximum absolute atomic E-state index is 13.4. The van der Waals surface area contributed by atoms with E-state index in [2.05, 4.69) is 17.4 Å². The highest BCUT2D eigenvalue weighted by molar-refractivity contribution is 6.04. The highest BCUT2D eigenvalue weighted by Crippen LogP contribution is 2.40. The van der Waals surface area contributed by atoms with Gasteiger partial charge in [-0.2, -0.15) is 5.10 Å². The Balaban J connectivity index is 1.47. The van der Waals surface area contributed by atoms with Gasteiger partial charge in [-0.05, 0) is 56.2 Å². The van der Waals surface area contributed by atoms with E-state index < -0.39 is 0 Å². The minimum absolute atomic E-state index is 0.00623. The van der Waals surface area contributed by atoms with Crippen molar-refractivity contribution in [1.29, 1.82) is 0 Å². The first kappa shape index (κ1) is 22.1. The second kappa shape index (κ2) is 9.29. The molecule has 3 aliphatic rings. The number of carbonyl (C=O) groups excluding carboxylic acids is 2. The standard InChI is InChI=1S/C26H34N4O3/c1-18-16-28(26(32)13-20-5-3-4-6-20)25-14-21(7-8-24(25)30(18)19(2)31)22-15-27-29(17-22)23-9-11-33-12-10-23/h7-8,14-15,17-18,20,23H,3-6,9-13,16H2,1-2H3/t18-/m0/s1. The van der Waals surface area contributed by atoms with Gasteiger partial charge in [0.15, 0.2) is 0 Å². The fraction of sp³-hybridized carbons (Fsp3) is 0.577. The predicted molar refractivity (Wildman–Crippen MR) is 128 cm³/mol. The van der Waals surface area contributed by atoms with Crippen LogP contribution in [0.4, 0.5) is 11.4 Å². The van der Waals surface area contributed by atoms with Gasteiger partial charge in [-0.3, -0.25) is 14.3 Å². The Morgan fingerprint density at radius 2 is 1.82 bits per heavy atom. The summed E-state index contributed by atoms with van der Waals surface area (Å²) in [4.78, 5) is 29.6. The average Bonchev–Trinajstić information content (AvgIpc) is 3.51. The molecule has 1 aromatic heterocycles. The molecule has 2 amide bonds. The number of aromatic nitrogens is 2. The van der Waals surface area contributed by atoms with Crippen molar-refractivity contribution in [2.45, 2.75) is 70.9 Å². The Morgan fingerprint density at radius 3 is 2.55 bits per heavy atom. The summed E-state index contributed by atoms with van der Waals surface area (Å²) < 4.78 is 7.53. The van der Waals surface area contributed by atoms with Crippen LogP contribution in [0.5, 0.6) is 0 Å². The number of hydrogen-bond donors (Lipinski definition) is 0. The normalized spacial score (nSPS) is 21.9. The molecular formula is C26H34N4O3. The topological polar surface area (TPSA) is 67.7 Å². The number of anilines is 2. The van der Waals surface area contributed by atoms with Gasteiger partial charge < -0.3 is 14.5 Å². The molecule has 1 saturated heterocycles. The Hall–Kier alpha value is -2.67. The highest BCUT2D eigenvalue weighted by Gasteiger charge is 2.34. The van der Waals surface area contributed by atoms with E-state index in [4.69, 9.17) is 4.74 Å². The lowest BCUT2D eigenvalue weighted by molar-refractivity contribution is -0.120. The summed E-state index contributed by atoms with van der Waals surface area (Å²) in [5.41, 5.74) is 3.70. The molecule has 3 heterocycles. The van der Waals surface area contributed by atoms with Crippen LogP contribution in [0, 0.1) is 5.92 Å². The number of fused-ring (bicyclic) bond motifs is 1. The van der Waals surface area contributed by atoms with E-state index in [9.17, 15) is 9.59 Å². The molecular weight excluding hydrogens is 416 g/mol. The Labute approximate surface area is 195 Å². The SMILES string of the molecule is CC(=O)N1c2ccc(-c3cnn(C4CCOCC4)c3)cc2N(C(=O)CC2CCCC2)C[C@@H]1C. The molecule has 2 aliphatic heterocycles. The van der Waals surface area contributed by atoms with Crippen LogP contribution >= 0.6 is 0 Å². The molecule has 1 aliphatic carbocycles. The Morgan fingerprint density at radius 1 is 1.06 bits per heavy atom. The average molecular weight is 451 g/mol. The number of amides is 2. The van der Waals surface area contributed by atoms with E-state index in [1.54, 1.807) is 6.92 Å². The van der Waals surface area contributed by atoms with Crippen LogP contribution in [0.1, 0.15) is 64.8 Å². The molecule has 1 atom stereocenters. The minimum Gasteiger partial charge on any atom is -0.381 e. The molecule has 1 saturated carbocycles. The zero-order chi connectivity index (χ0) is 22.9. The number of benzene rings is 1. The smallest absolute Gasteiger partial charge is 0.227 e. The lowest BCUT2D eigenvalue weighted by Crippen LogP contribution is -2.51. The molecule has 1 aromatic carbocycles. The highest BCUT2D eigenvalue weighted by atomic mass is 16.5. The minimum atomic E-state index is -0.0513. The van der Waals surface area contributed by atoms with Crippen molar-refractivity contribution in [2.75, 3.05) is 29.6 Å². The van der Waals surface area contributed by atoms with Crippen molar-refractivity contribution >= 4 is 23.2 Å². The number of carbonyl (C=O) groups is 2. The zero-order valence-electron chi connectivity index (χ0n) is 19.7. The first-order valence-corrected chi connectivity index (χ1v) is 12.4. The van der Waals surface area contributed by atoms with Gasteiger partial charge in [0.1, 0.15) is 0 Å². The van der Waals surface area contributed by atoms with Crippen molar-refractivity contribution in [3.8, 4) is 11.1 Å². The number of nitrogens with zero attached hydrogens (tertiary/aromatic N) is 4. The summed E-state index contributed by atoms with van der Waals surface area (Å²) >= 11 is 0. The third kappa shape index (κ3) is 4.43. The van der Waals surface area contributed by atoms with Gasteiger partial charge in [-0.15, -0.1) is 0 Å². The molecule has 0 radical (unpaired) electrons. The van der Waals surface area contributed by atoms with Gasteiger partial charge in [0, 0.05) is 44.9 Å². The zero-order valence-corrected chi connectivity index (χ0v) is 19.7. The molecule has 0 bridgehead atoms. The van der Waals surface area contributed by atoms with E-state index in [-0.39, 0.29) is 17.9 Å². The maximum Gasteiger partial charge on any atom is 0.227 e. The Kier molecular flexibility index (Phi) is 6.23. The lowest BCUT2D eigenvalue weighted by atomic mass is 9.99. The van der Waals surface area contributed by atoms with E-state index in [0.29, 0.717) is 24.9 Å². The molecule has 2 aromatic rings. The van der Waals surface area contributed by atoms with E-state index in [1.165, 1.54) is 12.8 Å². The van der Waals surface area contributed by atoms with Crippen LogP contribution in [0.2, 0.25) is 0 Å². The monoisotopic (exact) mass is 450 g/mol. The number of ether oxygens (including phenoxy) is 1. The quantitative estimate of drug-likeness (QED) is 0.684. The largest absolute Gasteiger partial charge is 0.381 e. The molecule has 176 valence electrons. The third-order valence-electron chi connectivity index (χ3n) is 7.49. The van der Waals surface area contributed by atoms with Crippen molar-refractivity contribution < 1.29 is 14.3 Å². The van der Waals surface area contributed by atoms with E-state index in [0.717, 1.165) is 61.4 Å². The summed E-state index contributed by atoms with van der Waals surface area (Å²) in [7, 11) is 0. The molecule has 7 nitrogen and oxygen atoms in total. The van der Waals surface area contributed by atoms with E-state index >= 15 is 0 Å². The van der Waals surface area contributed by atoms with Crippen LogP contribution in [-0.4, -0.2) is 47.4 Å². The first-order valence-electron chi connectivity index (χ1n) is 12.4. The molecule has 0 N–H and O–H groups in total. The molecule has 7 heteroatoms. The van der Waals surface area contributed by atoms with Crippen molar-refractivity contribution in [3.05, 3.63) is 30.6 Å². The van der Waals surface area contributed by atoms with Gasteiger partial charge in [-0.1, -0.05) is 18.9 Å². The van der Waals surface area contributed by atoms with Gasteiger partial charge in [0.25, 0.3) is 0 Å². The van der Waals surface area contributed by atoms with Crippen LogP contribution in [-0.2, 0) is 14.3 Å². The van der Waals surface area contributed by atoms with Gasteiger partial charge in [0.2, 0.25) is 11.8 Å². The van der Waals surface area contributed by atoms with Crippen LogP contribution in [0.25, 0.3) is 11.1 Å². The summed E-state index contributed by atoms with van der Waals surface area (Å²) in [5, 5.41) is 4.62. The molecule has 0 unspecified atom stereocenters. The Bertz CT molecular complexity index is 1020. The third-order valence-corrected chi connectivity index (χ3v) is 7.49. The van der Waals surface area contributed by atoms with Crippen LogP contribution in [0.3, 0.4) is 0 Å². The molecule has 0 spiro atoms. The fourth-order valence-corrected chi connectivity index (χ4v) is 5.73. The molecule has 2 fully saturated rings. The van der Waals surface area contributed by atoms with E-state index in [1.807, 2.05) is 39.7 Å². The fourth-order valence-electron chi connectivity index (χ4n) is 5.73. The van der Waals surface area contributed by atoms with Crippen molar-refractivity contribution in [3.63, 3.8) is 0 Å². The molecule has 5 rings (SSSR count). The second-order valence-corrected chi connectivity index (χ2v) is 9.85. The molecule has 33 heavy (non-hydrogen) atoms. The van der Waals surface area contributed by atoms with Gasteiger partial charge >= 0.3 is 0 Å². The van der Waals surface area contributed by atoms with Crippen LogP contribution < -0.4 is 9.80 Å². The van der Waals surface area contributed by atoms with Crippen molar-refractivity contribution in [1.82, 2.24) is 9.78 Å². The maximum atomic E-state index is 13.4. The summed E-state index contributed by atoms with van der Waals surface area (Å²) in [6, 6.07) is 6.41. The number of rotatable bonds is 4. The van der Waals surface area contributed by atoms with Crippen LogP contribution in [0.15, 0.2) is 30.6 Å². The number of hydrogen-bond acceptors (Lipinski definition) is 4. The van der Waals surface area contributed by atoms with Gasteiger partial charge in [0.05, 0.1) is 29.7 Å². The predicted octanol–water partition coefficient (Wildman–Crippen LogP) is 4.57. The van der Waals surface area contributed by atoms with Crippen molar-refractivity contribution in [2.24, 2.45) is 5.92 Å². The second-order valence-electron chi connectivity index (χ2n) is 9.85.